The quantitative estimate of drug-likeness (QED) is 0.607. The van der Waals surface area contributed by atoms with E-state index in [4.69, 9.17) is 32.7 Å². The van der Waals surface area contributed by atoms with Crippen molar-refractivity contribution in [3.8, 4) is 16.9 Å². The lowest BCUT2D eigenvalue weighted by atomic mass is 10.1. The van der Waals surface area contributed by atoms with Gasteiger partial charge in [0, 0.05) is 34.4 Å². The Hall–Kier alpha value is -1.98. The molecule has 1 amide bonds. The number of nitrogens with zero attached hydrogens (tertiary/aromatic N) is 2. The predicted octanol–water partition coefficient (Wildman–Crippen LogP) is 5.83. The van der Waals surface area contributed by atoms with Gasteiger partial charge in [0.15, 0.2) is 0 Å². The van der Waals surface area contributed by atoms with Gasteiger partial charge in [0.25, 0.3) is 0 Å². The summed E-state index contributed by atoms with van der Waals surface area (Å²) in [5, 5.41) is 1.10. The molecule has 0 bridgehead atoms. The standard InChI is InChI=1S/C21H24Cl2N2O3/c1-20(2,3)28-19(26)25(4)21(8-9-21)13-27-15-10-14(11-24-12-15)18-16(22)6-5-7-17(18)23/h5-7,10-12H,8-9,13H2,1-4H3. The Morgan fingerprint density at radius 3 is 2.43 bits per heavy atom. The van der Waals surface area contributed by atoms with Crippen LogP contribution in [-0.2, 0) is 4.74 Å². The minimum absolute atomic E-state index is 0.344. The lowest BCUT2D eigenvalue weighted by Gasteiger charge is -2.30. The molecule has 28 heavy (non-hydrogen) atoms. The van der Waals surface area contributed by atoms with Gasteiger partial charge in [-0.3, -0.25) is 4.98 Å². The number of ether oxygens (including phenoxy) is 2. The molecule has 2 aromatic rings. The molecule has 0 atom stereocenters. The van der Waals surface area contributed by atoms with Crippen molar-refractivity contribution in [2.24, 2.45) is 0 Å². The van der Waals surface area contributed by atoms with E-state index in [1.165, 1.54) is 0 Å². The molecule has 150 valence electrons. The third-order valence-corrected chi connectivity index (χ3v) is 5.31. The van der Waals surface area contributed by atoms with Crippen molar-refractivity contribution in [1.82, 2.24) is 9.88 Å². The molecule has 0 aliphatic heterocycles. The van der Waals surface area contributed by atoms with Crippen molar-refractivity contribution >= 4 is 29.3 Å². The third kappa shape index (κ3) is 4.70. The van der Waals surface area contributed by atoms with E-state index in [1.807, 2.05) is 26.8 Å². The van der Waals surface area contributed by atoms with Gasteiger partial charge in [-0.1, -0.05) is 29.3 Å². The second-order valence-corrected chi connectivity index (χ2v) is 8.87. The number of pyridine rings is 1. The summed E-state index contributed by atoms with van der Waals surface area (Å²) < 4.78 is 11.4. The van der Waals surface area contributed by atoms with Crippen LogP contribution < -0.4 is 4.74 Å². The van der Waals surface area contributed by atoms with E-state index in [9.17, 15) is 4.79 Å². The zero-order valence-corrected chi connectivity index (χ0v) is 18.0. The molecule has 3 rings (SSSR count). The van der Waals surface area contributed by atoms with Crippen LogP contribution in [0, 0.1) is 0 Å². The summed E-state index contributed by atoms with van der Waals surface area (Å²) in [5.41, 5.74) is 0.615. The first kappa shape index (κ1) is 20.7. The van der Waals surface area contributed by atoms with Gasteiger partial charge in [0.05, 0.1) is 11.7 Å². The first-order valence-corrected chi connectivity index (χ1v) is 9.86. The van der Waals surface area contributed by atoms with Crippen LogP contribution in [0.25, 0.3) is 11.1 Å². The van der Waals surface area contributed by atoms with E-state index in [0.29, 0.717) is 22.4 Å². The molecule has 1 aromatic carbocycles. The predicted molar refractivity (Wildman–Crippen MR) is 111 cm³/mol. The van der Waals surface area contributed by atoms with E-state index in [2.05, 4.69) is 4.98 Å². The van der Waals surface area contributed by atoms with Gasteiger partial charge in [-0.05, 0) is 51.8 Å². The van der Waals surface area contributed by atoms with Crippen molar-refractivity contribution < 1.29 is 14.3 Å². The maximum Gasteiger partial charge on any atom is 0.410 e. The molecule has 0 N–H and O–H groups in total. The van der Waals surface area contributed by atoms with Gasteiger partial charge in [-0.2, -0.15) is 0 Å². The van der Waals surface area contributed by atoms with Gasteiger partial charge in [-0.15, -0.1) is 0 Å². The normalized spacial score (nSPS) is 15.1. The minimum Gasteiger partial charge on any atom is -0.490 e. The molecule has 0 spiro atoms. The molecule has 1 heterocycles. The van der Waals surface area contributed by atoms with Crippen LogP contribution in [0.15, 0.2) is 36.7 Å². The van der Waals surface area contributed by atoms with Gasteiger partial charge in [0.2, 0.25) is 0 Å². The Morgan fingerprint density at radius 1 is 1.21 bits per heavy atom. The molecule has 1 fully saturated rings. The average Bonchev–Trinajstić information content (AvgIpc) is 3.39. The lowest BCUT2D eigenvalue weighted by molar-refractivity contribution is 0.0139. The van der Waals surface area contributed by atoms with E-state index in [0.717, 1.165) is 24.0 Å². The highest BCUT2D eigenvalue weighted by Gasteiger charge is 2.50. The molecule has 0 radical (unpaired) electrons. The fourth-order valence-corrected chi connectivity index (χ4v) is 3.49. The van der Waals surface area contributed by atoms with Crippen LogP contribution in [0.4, 0.5) is 4.79 Å². The summed E-state index contributed by atoms with van der Waals surface area (Å²) in [6.45, 7) is 5.92. The fourth-order valence-electron chi connectivity index (χ4n) is 2.87. The Balaban J connectivity index is 1.71. The Kier molecular flexibility index (Phi) is 5.78. The molecule has 0 unspecified atom stereocenters. The second-order valence-electron chi connectivity index (χ2n) is 8.06. The molecular formula is C21H24Cl2N2O3. The zero-order valence-electron chi connectivity index (χ0n) is 16.5. The maximum atomic E-state index is 12.4. The molecule has 1 saturated carbocycles. The lowest BCUT2D eigenvalue weighted by Crippen LogP contribution is -2.45. The third-order valence-electron chi connectivity index (χ3n) is 4.68. The van der Waals surface area contributed by atoms with E-state index >= 15 is 0 Å². The highest BCUT2D eigenvalue weighted by atomic mass is 35.5. The summed E-state index contributed by atoms with van der Waals surface area (Å²) in [6, 6.07) is 7.21. The molecule has 5 nitrogen and oxygen atoms in total. The number of carbonyl (C=O) groups is 1. The van der Waals surface area contributed by atoms with Gasteiger partial charge < -0.3 is 14.4 Å². The van der Waals surface area contributed by atoms with Gasteiger partial charge in [-0.25, -0.2) is 4.79 Å². The first-order chi connectivity index (χ1) is 13.1. The summed E-state index contributed by atoms with van der Waals surface area (Å²) >= 11 is 12.6. The number of amides is 1. The van der Waals surface area contributed by atoms with Crippen molar-refractivity contribution in [3.05, 3.63) is 46.7 Å². The zero-order chi connectivity index (χ0) is 20.5. The SMILES string of the molecule is CN(C(=O)OC(C)(C)C)C1(COc2cncc(-c3c(Cl)cccc3Cl)c2)CC1. The van der Waals surface area contributed by atoms with Crippen molar-refractivity contribution in [3.63, 3.8) is 0 Å². The second kappa shape index (κ2) is 7.80. The smallest absolute Gasteiger partial charge is 0.410 e. The van der Waals surface area contributed by atoms with E-state index in [1.54, 1.807) is 42.5 Å². The molecule has 1 aliphatic carbocycles. The van der Waals surface area contributed by atoms with E-state index < -0.39 is 5.60 Å². The molecule has 7 heteroatoms. The van der Waals surface area contributed by atoms with Crippen LogP contribution in [0.2, 0.25) is 10.0 Å². The molecule has 0 saturated heterocycles. The number of aromatic nitrogens is 1. The number of rotatable bonds is 5. The first-order valence-electron chi connectivity index (χ1n) is 9.10. The average molecular weight is 423 g/mol. The number of halogens is 2. The van der Waals surface area contributed by atoms with Gasteiger partial charge in [0.1, 0.15) is 18.0 Å². The minimum atomic E-state index is -0.533. The van der Waals surface area contributed by atoms with E-state index in [-0.39, 0.29) is 11.6 Å². The topological polar surface area (TPSA) is 51.7 Å². The van der Waals surface area contributed by atoms with Crippen LogP contribution >= 0.6 is 23.2 Å². The number of carbonyl (C=O) groups excluding carboxylic acids is 1. The van der Waals surface area contributed by atoms with Gasteiger partial charge >= 0.3 is 6.09 Å². The number of likely N-dealkylation sites (N-methyl/N-ethyl adjacent to an activating group) is 1. The van der Waals surface area contributed by atoms with Crippen molar-refractivity contribution in [2.45, 2.75) is 44.8 Å². The summed E-state index contributed by atoms with van der Waals surface area (Å²) in [7, 11) is 1.75. The number of benzene rings is 1. The maximum absolute atomic E-state index is 12.4. The largest absolute Gasteiger partial charge is 0.490 e. The Labute approximate surface area is 175 Å². The molecule has 1 aliphatic rings. The van der Waals surface area contributed by atoms with Crippen molar-refractivity contribution in [2.75, 3.05) is 13.7 Å². The van der Waals surface area contributed by atoms with Crippen molar-refractivity contribution in [1.29, 1.82) is 0 Å². The number of hydrogen-bond acceptors (Lipinski definition) is 4. The van der Waals surface area contributed by atoms with Crippen LogP contribution in [0.3, 0.4) is 0 Å². The van der Waals surface area contributed by atoms with Crippen LogP contribution in [-0.4, -0.2) is 40.8 Å². The van der Waals surface area contributed by atoms with Crippen LogP contribution in [0.5, 0.6) is 5.75 Å². The summed E-state index contributed by atoms with van der Waals surface area (Å²) in [6.07, 6.45) is 4.72. The molecule has 1 aromatic heterocycles. The number of hydrogen-bond donors (Lipinski definition) is 0. The summed E-state index contributed by atoms with van der Waals surface area (Å²) in [4.78, 5) is 18.3. The van der Waals surface area contributed by atoms with Crippen LogP contribution in [0.1, 0.15) is 33.6 Å². The highest BCUT2D eigenvalue weighted by Crippen LogP contribution is 2.42. The summed E-state index contributed by atoms with van der Waals surface area (Å²) in [5.74, 6) is 0.595. The highest BCUT2D eigenvalue weighted by molar-refractivity contribution is 6.39. The molecular weight excluding hydrogens is 399 g/mol. The monoisotopic (exact) mass is 422 g/mol. The fraction of sp³-hybridized carbons (Fsp3) is 0.429. The Bertz CT molecular complexity index is 856. The Morgan fingerprint density at radius 2 is 1.86 bits per heavy atom.